The van der Waals surface area contributed by atoms with Crippen molar-refractivity contribution >= 4 is 11.4 Å². The van der Waals surface area contributed by atoms with Crippen LogP contribution in [0.5, 0.6) is 0 Å². The van der Waals surface area contributed by atoms with E-state index in [9.17, 15) is 10.1 Å². The minimum Gasteiger partial charge on any atom is -0.393 e. The molecule has 0 bridgehead atoms. The van der Waals surface area contributed by atoms with Gasteiger partial charge in [-0.25, -0.2) is 0 Å². The van der Waals surface area contributed by atoms with Crippen LogP contribution in [0.15, 0.2) is 18.2 Å². The average Bonchev–Trinajstić information content (AvgIpc) is 2.30. The molecule has 0 saturated heterocycles. The first-order chi connectivity index (χ1) is 8.15. The van der Waals surface area contributed by atoms with Gasteiger partial charge in [-0.1, -0.05) is 6.07 Å². The highest BCUT2D eigenvalue weighted by molar-refractivity contribution is 5.59. The van der Waals surface area contributed by atoms with Crippen LogP contribution in [0.25, 0.3) is 0 Å². The Bertz CT molecular complexity index is 382. The lowest BCUT2D eigenvalue weighted by atomic mass is 10.2. The fourth-order valence-corrected chi connectivity index (χ4v) is 1.33. The number of ether oxygens (including phenoxy) is 2. The van der Waals surface area contributed by atoms with Crippen molar-refractivity contribution in [3.05, 3.63) is 33.9 Å². The molecule has 6 heteroatoms. The molecule has 0 saturated carbocycles. The zero-order chi connectivity index (χ0) is 12.7. The molecule has 0 aliphatic carbocycles. The van der Waals surface area contributed by atoms with E-state index in [4.69, 9.17) is 15.2 Å². The number of nitrogens with zero attached hydrogens (tertiary/aromatic N) is 1. The molecule has 0 radical (unpaired) electrons. The van der Waals surface area contributed by atoms with Crippen molar-refractivity contribution in [1.29, 1.82) is 0 Å². The highest BCUT2D eigenvalue weighted by Gasteiger charge is 2.11. The highest BCUT2D eigenvalue weighted by Crippen LogP contribution is 2.22. The van der Waals surface area contributed by atoms with E-state index in [-0.39, 0.29) is 11.4 Å². The Morgan fingerprint density at radius 1 is 1.41 bits per heavy atom. The zero-order valence-corrected chi connectivity index (χ0v) is 9.72. The van der Waals surface area contributed by atoms with Gasteiger partial charge in [0.05, 0.1) is 11.5 Å². The number of nitro groups is 1. The molecule has 0 aliphatic heterocycles. The summed E-state index contributed by atoms with van der Waals surface area (Å²) in [5, 5.41) is 10.7. The van der Waals surface area contributed by atoms with Crippen LogP contribution in [0.3, 0.4) is 0 Å². The van der Waals surface area contributed by atoms with Crippen molar-refractivity contribution in [2.75, 3.05) is 26.1 Å². The number of nitrogen functional groups attached to an aromatic ring is 1. The Morgan fingerprint density at radius 2 is 2.18 bits per heavy atom. The Labute approximate surface area is 99.5 Å². The van der Waals surface area contributed by atoms with Crippen LogP contribution in [-0.4, -0.2) is 25.2 Å². The summed E-state index contributed by atoms with van der Waals surface area (Å²) < 4.78 is 10.2. The molecule has 0 aliphatic rings. The number of anilines is 1. The summed E-state index contributed by atoms with van der Waals surface area (Å²) in [5.41, 5.74) is 6.31. The van der Waals surface area contributed by atoms with Gasteiger partial charge in [0.1, 0.15) is 5.69 Å². The Hall–Kier alpha value is -1.66. The smallest absolute Gasteiger partial charge is 0.292 e. The van der Waals surface area contributed by atoms with Gasteiger partial charge in [-0.2, -0.15) is 0 Å². The fraction of sp³-hybridized carbons (Fsp3) is 0.455. The van der Waals surface area contributed by atoms with Crippen molar-refractivity contribution in [2.24, 2.45) is 0 Å². The molecule has 94 valence electrons. The molecule has 0 atom stereocenters. The van der Waals surface area contributed by atoms with Crippen LogP contribution in [0, 0.1) is 10.1 Å². The van der Waals surface area contributed by atoms with Crippen molar-refractivity contribution in [1.82, 2.24) is 0 Å². The molecule has 17 heavy (non-hydrogen) atoms. The Kier molecular flexibility index (Phi) is 5.38. The summed E-state index contributed by atoms with van der Waals surface area (Å²) >= 11 is 0. The van der Waals surface area contributed by atoms with E-state index < -0.39 is 4.92 Å². The lowest BCUT2D eigenvalue weighted by Crippen LogP contribution is -2.01. The second kappa shape index (κ2) is 6.82. The van der Waals surface area contributed by atoms with E-state index in [1.165, 1.54) is 12.1 Å². The Morgan fingerprint density at radius 3 is 2.82 bits per heavy atom. The number of hydrogen-bond donors (Lipinski definition) is 1. The molecular formula is C11H16N2O4. The normalized spacial score (nSPS) is 10.4. The van der Waals surface area contributed by atoms with Gasteiger partial charge in [-0.05, 0) is 18.1 Å². The summed E-state index contributed by atoms with van der Waals surface area (Å²) in [6.07, 6.45) is 0.799. The molecule has 0 amide bonds. The standard InChI is InChI=1S/C11H16N2O4/c1-16-5-2-6-17-8-9-3-4-10(12)11(7-9)13(14)15/h3-4,7H,2,5-6,8,12H2,1H3. The van der Waals surface area contributed by atoms with E-state index in [0.29, 0.717) is 19.8 Å². The van der Waals surface area contributed by atoms with Crippen molar-refractivity contribution < 1.29 is 14.4 Å². The van der Waals surface area contributed by atoms with E-state index in [2.05, 4.69) is 0 Å². The third-order valence-electron chi connectivity index (χ3n) is 2.20. The maximum atomic E-state index is 10.7. The molecule has 6 nitrogen and oxygen atoms in total. The van der Waals surface area contributed by atoms with E-state index in [1.807, 2.05) is 0 Å². The van der Waals surface area contributed by atoms with Gasteiger partial charge in [0, 0.05) is 26.4 Å². The number of methoxy groups -OCH3 is 1. The lowest BCUT2D eigenvalue weighted by Gasteiger charge is -2.05. The third-order valence-corrected chi connectivity index (χ3v) is 2.20. The number of benzene rings is 1. The van der Waals surface area contributed by atoms with Gasteiger partial charge in [0.2, 0.25) is 0 Å². The molecule has 0 aromatic heterocycles. The minimum absolute atomic E-state index is 0.0806. The van der Waals surface area contributed by atoms with Gasteiger partial charge < -0.3 is 15.2 Å². The number of nitrogens with two attached hydrogens (primary N) is 1. The summed E-state index contributed by atoms with van der Waals surface area (Å²) in [6, 6.07) is 4.68. The summed E-state index contributed by atoms with van der Waals surface area (Å²) in [5.74, 6) is 0. The molecule has 1 aromatic rings. The van der Waals surface area contributed by atoms with Crippen molar-refractivity contribution in [3.8, 4) is 0 Å². The van der Waals surface area contributed by atoms with Crippen LogP contribution >= 0.6 is 0 Å². The van der Waals surface area contributed by atoms with Crippen LogP contribution in [0.1, 0.15) is 12.0 Å². The van der Waals surface area contributed by atoms with E-state index in [1.54, 1.807) is 13.2 Å². The molecule has 2 N–H and O–H groups in total. The van der Waals surface area contributed by atoms with Gasteiger partial charge in [-0.15, -0.1) is 0 Å². The summed E-state index contributed by atoms with van der Waals surface area (Å²) in [6.45, 7) is 1.54. The molecule has 1 rings (SSSR count). The van der Waals surface area contributed by atoms with Gasteiger partial charge >= 0.3 is 0 Å². The maximum absolute atomic E-state index is 10.7. The van der Waals surface area contributed by atoms with Crippen LogP contribution < -0.4 is 5.73 Å². The molecule has 1 aromatic carbocycles. The number of hydrogen-bond acceptors (Lipinski definition) is 5. The largest absolute Gasteiger partial charge is 0.393 e. The van der Waals surface area contributed by atoms with Crippen LogP contribution in [0.4, 0.5) is 11.4 Å². The highest BCUT2D eigenvalue weighted by atomic mass is 16.6. The zero-order valence-electron chi connectivity index (χ0n) is 9.72. The average molecular weight is 240 g/mol. The molecule has 0 unspecified atom stereocenters. The second-order valence-corrected chi connectivity index (χ2v) is 3.55. The van der Waals surface area contributed by atoms with Crippen LogP contribution in [-0.2, 0) is 16.1 Å². The third kappa shape index (κ3) is 4.38. The quantitative estimate of drug-likeness (QED) is 0.339. The fourth-order valence-electron chi connectivity index (χ4n) is 1.33. The first-order valence-corrected chi connectivity index (χ1v) is 5.24. The molecular weight excluding hydrogens is 224 g/mol. The van der Waals surface area contributed by atoms with Crippen LogP contribution in [0.2, 0.25) is 0 Å². The minimum atomic E-state index is -0.496. The van der Waals surface area contributed by atoms with Crippen molar-refractivity contribution in [2.45, 2.75) is 13.0 Å². The summed E-state index contributed by atoms with van der Waals surface area (Å²) in [7, 11) is 1.63. The van der Waals surface area contributed by atoms with Gasteiger partial charge in [0.15, 0.2) is 0 Å². The first kappa shape index (κ1) is 13.4. The van der Waals surface area contributed by atoms with Crippen molar-refractivity contribution in [3.63, 3.8) is 0 Å². The van der Waals surface area contributed by atoms with Gasteiger partial charge in [0.25, 0.3) is 5.69 Å². The molecule has 0 heterocycles. The molecule has 0 fully saturated rings. The first-order valence-electron chi connectivity index (χ1n) is 5.24. The maximum Gasteiger partial charge on any atom is 0.292 e. The number of rotatable bonds is 7. The Balaban J connectivity index is 2.49. The summed E-state index contributed by atoms with van der Waals surface area (Å²) in [4.78, 5) is 10.2. The second-order valence-electron chi connectivity index (χ2n) is 3.55. The topological polar surface area (TPSA) is 87.6 Å². The van der Waals surface area contributed by atoms with E-state index >= 15 is 0 Å². The van der Waals surface area contributed by atoms with E-state index in [0.717, 1.165) is 12.0 Å². The monoisotopic (exact) mass is 240 g/mol. The number of nitro benzene ring substituents is 1. The molecule has 0 spiro atoms. The lowest BCUT2D eigenvalue weighted by molar-refractivity contribution is -0.384. The predicted octanol–water partition coefficient (Wildman–Crippen LogP) is 1.73. The van der Waals surface area contributed by atoms with Gasteiger partial charge in [-0.3, -0.25) is 10.1 Å². The SMILES string of the molecule is COCCCOCc1ccc(N)c([N+](=O)[O-])c1. The predicted molar refractivity (Wildman–Crippen MR) is 63.7 cm³/mol.